The summed E-state index contributed by atoms with van der Waals surface area (Å²) in [5.41, 5.74) is 1.33. The van der Waals surface area contributed by atoms with E-state index in [0.29, 0.717) is 31.4 Å². The van der Waals surface area contributed by atoms with Crippen LogP contribution in [0.5, 0.6) is 0 Å². The molecule has 0 aliphatic carbocycles. The predicted octanol–water partition coefficient (Wildman–Crippen LogP) is 4.79. The van der Waals surface area contributed by atoms with Gasteiger partial charge in [0.05, 0.1) is 21.8 Å². The highest BCUT2D eigenvalue weighted by Crippen LogP contribution is 2.35. The predicted molar refractivity (Wildman–Crippen MR) is 105 cm³/mol. The smallest absolute Gasteiger partial charge is 0.323 e. The summed E-state index contributed by atoms with van der Waals surface area (Å²) >= 11 is 13.2. The van der Waals surface area contributed by atoms with Crippen molar-refractivity contribution in [3.63, 3.8) is 0 Å². The molecule has 1 aliphatic heterocycles. The van der Waals surface area contributed by atoms with Gasteiger partial charge in [-0.1, -0.05) is 40.4 Å². The van der Waals surface area contributed by atoms with Crippen molar-refractivity contribution in [1.29, 1.82) is 0 Å². The highest BCUT2D eigenvalue weighted by Gasteiger charge is 2.39. The quantitative estimate of drug-likeness (QED) is 0.555. The second-order valence-electron chi connectivity index (χ2n) is 5.89. The number of imide groups is 1. The molecular formula is C19H10Cl2N2O4S. The summed E-state index contributed by atoms with van der Waals surface area (Å²) in [5.74, 6) is -2.22. The number of hydrogen-bond acceptors (Lipinski definition) is 6. The van der Waals surface area contributed by atoms with Gasteiger partial charge in [0.15, 0.2) is 0 Å². The van der Waals surface area contributed by atoms with Gasteiger partial charge in [-0.2, -0.15) is 0 Å². The molecule has 0 spiro atoms. The van der Waals surface area contributed by atoms with Gasteiger partial charge in [0.2, 0.25) is 0 Å². The number of carbonyl (C=O) groups excluding carboxylic acids is 3. The minimum atomic E-state index is -0.853. The molecule has 0 saturated heterocycles. The number of nitrogens with zero attached hydrogens (tertiary/aromatic N) is 2. The Labute approximate surface area is 173 Å². The first kappa shape index (κ1) is 18.6. The fraction of sp³-hybridized carbons (Fsp3) is 0.0526. The lowest BCUT2D eigenvalue weighted by Gasteiger charge is -2.11. The largest absolute Gasteiger partial charge is 0.375 e. The maximum absolute atomic E-state index is 12.6. The zero-order valence-corrected chi connectivity index (χ0v) is 16.6. The first-order chi connectivity index (χ1) is 13.4. The van der Waals surface area contributed by atoms with E-state index >= 15 is 0 Å². The van der Waals surface area contributed by atoms with E-state index in [9.17, 15) is 14.4 Å². The number of hydroxylamine groups is 2. The van der Waals surface area contributed by atoms with Crippen LogP contribution in [0, 0.1) is 6.92 Å². The maximum Gasteiger partial charge on any atom is 0.375 e. The normalized spacial score (nSPS) is 13.0. The number of fused-ring (bicyclic) bond motifs is 1. The Morgan fingerprint density at radius 3 is 2.32 bits per heavy atom. The van der Waals surface area contributed by atoms with E-state index in [4.69, 9.17) is 28.0 Å². The number of hydrogen-bond donors (Lipinski definition) is 0. The summed E-state index contributed by atoms with van der Waals surface area (Å²) < 4.78 is 0. The van der Waals surface area contributed by atoms with Crippen molar-refractivity contribution in [3.8, 4) is 10.6 Å². The molecule has 140 valence electrons. The summed E-state index contributed by atoms with van der Waals surface area (Å²) in [6, 6.07) is 11.2. The molecule has 9 heteroatoms. The van der Waals surface area contributed by atoms with Crippen LogP contribution in [0.4, 0.5) is 0 Å². The zero-order valence-electron chi connectivity index (χ0n) is 14.2. The monoisotopic (exact) mass is 432 g/mol. The van der Waals surface area contributed by atoms with Crippen LogP contribution in [-0.4, -0.2) is 27.8 Å². The summed E-state index contributed by atoms with van der Waals surface area (Å²) in [6.07, 6.45) is 0. The van der Waals surface area contributed by atoms with Crippen LogP contribution in [0.3, 0.4) is 0 Å². The van der Waals surface area contributed by atoms with Gasteiger partial charge in [-0.05, 0) is 37.3 Å². The molecule has 1 aromatic heterocycles. The van der Waals surface area contributed by atoms with E-state index in [1.54, 1.807) is 37.3 Å². The molecule has 1 aliphatic rings. The molecule has 6 nitrogen and oxygen atoms in total. The minimum Gasteiger partial charge on any atom is -0.323 e. The lowest BCUT2D eigenvalue weighted by molar-refractivity contribution is -0.0581. The number of aryl methyl sites for hydroxylation is 1. The third-order valence-corrected chi connectivity index (χ3v) is 5.81. The Morgan fingerprint density at radius 2 is 1.68 bits per heavy atom. The minimum absolute atomic E-state index is 0.155. The highest BCUT2D eigenvalue weighted by molar-refractivity contribution is 7.17. The average molecular weight is 433 g/mol. The summed E-state index contributed by atoms with van der Waals surface area (Å²) in [5, 5.41) is 1.85. The van der Waals surface area contributed by atoms with Gasteiger partial charge in [0.1, 0.15) is 9.88 Å². The average Bonchev–Trinajstić information content (AvgIpc) is 3.18. The number of carbonyl (C=O) groups is 3. The van der Waals surface area contributed by atoms with Gasteiger partial charge in [-0.3, -0.25) is 9.59 Å². The fourth-order valence-corrected chi connectivity index (χ4v) is 4.14. The lowest BCUT2D eigenvalue weighted by atomic mass is 10.1. The molecule has 0 N–H and O–H groups in total. The standard InChI is InChI=1S/C19H10Cl2N2O4S/c1-9-15(28-16(22-9)13-8-10(20)6-7-14(13)21)19(26)27-23-17(24)11-4-2-3-5-12(11)18(23)25/h2-8H,1H3. The highest BCUT2D eigenvalue weighted by atomic mass is 35.5. The van der Waals surface area contributed by atoms with Crippen LogP contribution >= 0.6 is 34.5 Å². The van der Waals surface area contributed by atoms with Crippen molar-refractivity contribution in [3.05, 3.63) is 74.2 Å². The third kappa shape index (κ3) is 3.07. The molecule has 3 aromatic rings. The number of thiazole rings is 1. The SMILES string of the molecule is Cc1nc(-c2cc(Cl)ccc2Cl)sc1C(=O)ON1C(=O)c2ccccc2C1=O. The summed E-state index contributed by atoms with van der Waals surface area (Å²) in [6.45, 7) is 1.62. The van der Waals surface area contributed by atoms with Gasteiger partial charge < -0.3 is 4.84 Å². The van der Waals surface area contributed by atoms with Crippen molar-refractivity contribution in [2.45, 2.75) is 6.92 Å². The van der Waals surface area contributed by atoms with Crippen molar-refractivity contribution in [2.75, 3.05) is 0 Å². The molecule has 2 heterocycles. The van der Waals surface area contributed by atoms with E-state index in [2.05, 4.69) is 4.98 Å². The van der Waals surface area contributed by atoms with Gasteiger partial charge >= 0.3 is 5.97 Å². The number of amides is 2. The molecule has 2 amide bonds. The summed E-state index contributed by atoms with van der Waals surface area (Å²) in [7, 11) is 0. The molecule has 0 atom stereocenters. The second kappa shape index (κ2) is 7.01. The van der Waals surface area contributed by atoms with E-state index in [1.165, 1.54) is 12.1 Å². The molecule has 0 unspecified atom stereocenters. The number of aromatic nitrogens is 1. The lowest BCUT2D eigenvalue weighted by Crippen LogP contribution is -2.32. The van der Waals surface area contributed by atoms with Crippen molar-refractivity contribution in [1.82, 2.24) is 10.0 Å². The molecule has 28 heavy (non-hydrogen) atoms. The molecule has 0 fully saturated rings. The van der Waals surface area contributed by atoms with Crippen LogP contribution in [-0.2, 0) is 4.84 Å². The second-order valence-corrected chi connectivity index (χ2v) is 7.73. The van der Waals surface area contributed by atoms with E-state index in [-0.39, 0.29) is 16.0 Å². The number of rotatable bonds is 3. The Bertz CT molecular complexity index is 1120. The van der Waals surface area contributed by atoms with Gasteiger partial charge in [-0.15, -0.1) is 11.3 Å². The Morgan fingerprint density at radius 1 is 1.04 bits per heavy atom. The molecule has 0 bridgehead atoms. The maximum atomic E-state index is 12.6. The molecule has 2 aromatic carbocycles. The van der Waals surface area contributed by atoms with Crippen LogP contribution in [0.1, 0.15) is 36.1 Å². The van der Waals surface area contributed by atoms with Crippen LogP contribution < -0.4 is 0 Å². The van der Waals surface area contributed by atoms with E-state index in [0.717, 1.165) is 11.3 Å². The van der Waals surface area contributed by atoms with Gasteiger partial charge in [0, 0.05) is 10.6 Å². The fourth-order valence-electron chi connectivity index (χ4n) is 2.74. The Balaban J connectivity index is 1.62. The van der Waals surface area contributed by atoms with Crippen LogP contribution in [0.15, 0.2) is 42.5 Å². The number of benzene rings is 2. The van der Waals surface area contributed by atoms with E-state index in [1.807, 2.05) is 0 Å². The number of halogens is 2. The van der Waals surface area contributed by atoms with Crippen molar-refractivity contribution in [2.24, 2.45) is 0 Å². The molecule has 0 radical (unpaired) electrons. The van der Waals surface area contributed by atoms with Crippen molar-refractivity contribution < 1.29 is 19.2 Å². The Kier molecular flexibility index (Phi) is 4.66. The van der Waals surface area contributed by atoms with E-state index < -0.39 is 17.8 Å². The van der Waals surface area contributed by atoms with Crippen LogP contribution in [0.25, 0.3) is 10.6 Å². The molecular weight excluding hydrogens is 423 g/mol. The first-order valence-electron chi connectivity index (χ1n) is 8.00. The van der Waals surface area contributed by atoms with Gasteiger partial charge in [-0.25, -0.2) is 9.78 Å². The molecule has 0 saturated carbocycles. The topological polar surface area (TPSA) is 76.6 Å². The Hall–Kier alpha value is -2.74. The van der Waals surface area contributed by atoms with Crippen molar-refractivity contribution >= 4 is 52.3 Å². The third-order valence-electron chi connectivity index (χ3n) is 4.07. The summed E-state index contributed by atoms with van der Waals surface area (Å²) in [4.78, 5) is 46.9. The zero-order chi connectivity index (χ0) is 20.0. The van der Waals surface area contributed by atoms with Crippen LogP contribution in [0.2, 0.25) is 10.0 Å². The van der Waals surface area contributed by atoms with Gasteiger partial charge in [0.25, 0.3) is 11.8 Å². The first-order valence-corrected chi connectivity index (χ1v) is 9.57. The molecule has 4 rings (SSSR count).